The van der Waals surface area contributed by atoms with Crippen molar-refractivity contribution in [1.29, 1.82) is 0 Å². The molecule has 0 amide bonds. The first-order valence-electron chi connectivity index (χ1n) is 7.20. The maximum Gasteiger partial charge on any atom is 0.104 e. The third-order valence-electron chi connectivity index (χ3n) is 2.90. The average Bonchev–Trinajstić information content (AvgIpc) is 2.50. The average molecular weight is 266 g/mol. The van der Waals surface area contributed by atoms with Crippen LogP contribution in [0.1, 0.15) is 45.1 Å². The molecule has 0 spiro atoms. The van der Waals surface area contributed by atoms with E-state index in [9.17, 15) is 0 Å². The van der Waals surface area contributed by atoms with Gasteiger partial charge in [0.2, 0.25) is 0 Å². The Morgan fingerprint density at radius 3 is 2.40 bits per heavy atom. The van der Waals surface area contributed by atoms with E-state index >= 15 is 0 Å². The second-order valence-corrected chi connectivity index (χ2v) is 4.44. The lowest BCUT2D eigenvalue weighted by Crippen LogP contribution is -1.89. The Labute approximate surface area is 122 Å². The van der Waals surface area contributed by atoms with Crippen LogP contribution in [0.5, 0.6) is 0 Å². The van der Waals surface area contributed by atoms with E-state index in [1.165, 1.54) is 0 Å². The van der Waals surface area contributed by atoms with Gasteiger partial charge in [0.25, 0.3) is 0 Å². The van der Waals surface area contributed by atoms with Crippen molar-refractivity contribution < 1.29 is 5.11 Å². The zero-order valence-corrected chi connectivity index (χ0v) is 12.4. The summed E-state index contributed by atoms with van der Waals surface area (Å²) >= 11 is 0. The van der Waals surface area contributed by atoms with E-state index in [1.807, 2.05) is 30.3 Å². The second kappa shape index (κ2) is 9.90. The van der Waals surface area contributed by atoms with Crippen LogP contribution in [0.15, 0.2) is 35.9 Å². The van der Waals surface area contributed by atoms with E-state index in [1.54, 1.807) is 0 Å². The maximum atomic E-state index is 8.93. The first kappa shape index (κ1) is 16.1. The number of hydrogen-bond acceptors (Lipinski definition) is 1. The van der Waals surface area contributed by atoms with E-state index < -0.39 is 0 Å². The molecule has 0 saturated carbocycles. The molecule has 0 saturated heterocycles. The van der Waals surface area contributed by atoms with Gasteiger partial charge < -0.3 is 5.11 Å². The lowest BCUT2D eigenvalue weighted by atomic mass is 9.98. The van der Waals surface area contributed by atoms with Crippen molar-refractivity contribution in [3.63, 3.8) is 0 Å². The molecule has 20 heavy (non-hydrogen) atoms. The second-order valence-electron chi connectivity index (χ2n) is 4.44. The fraction of sp³-hybridized carbons (Fsp3) is 0.368. The molecule has 0 atom stereocenters. The van der Waals surface area contributed by atoms with Crippen molar-refractivity contribution >= 4 is 5.57 Å². The molecular weight excluding hydrogens is 244 g/mol. The highest BCUT2D eigenvalue weighted by Gasteiger charge is 2.03. The Morgan fingerprint density at radius 1 is 1.05 bits per heavy atom. The lowest BCUT2D eigenvalue weighted by molar-refractivity contribution is 0.350. The fourth-order valence-electron chi connectivity index (χ4n) is 1.82. The number of rotatable bonds is 4. The van der Waals surface area contributed by atoms with Gasteiger partial charge >= 0.3 is 0 Å². The first-order valence-corrected chi connectivity index (χ1v) is 7.20. The molecule has 1 rings (SSSR count). The third kappa shape index (κ3) is 5.35. The summed E-state index contributed by atoms with van der Waals surface area (Å²) in [4.78, 5) is 0. The van der Waals surface area contributed by atoms with E-state index in [4.69, 9.17) is 5.11 Å². The van der Waals surface area contributed by atoms with Gasteiger partial charge in [-0.15, -0.1) is 0 Å². The summed E-state index contributed by atoms with van der Waals surface area (Å²) in [5.74, 6) is 12.3. The molecule has 1 aromatic carbocycles. The molecule has 0 aliphatic rings. The minimum absolute atomic E-state index is 0.128. The minimum atomic E-state index is -0.128. The van der Waals surface area contributed by atoms with Gasteiger partial charge in [0, 0.05) is 17.6 Å². The number of unbranched alkanes of at least 4 members (excludes halogenated alkanes) is 2. The Kier molecular flexibility index (Phi) is 7.97. The van der Waals surface area contributed by atoms with Gasteiger partial charge in [-0.25, -0.2) is 0 Å². The minimum Gasteiger partial charge on any atom is -0.384 e. The van der Waals surface area contributed by atoms with Crippen LogP contribution in [0, 0.1) is 23.7 Å². The maximum absolute atomic E-state index is 8.93. The summed E-state index contributed by atoms with van der Waals surface area (Å²) < 4.78 is 0. The van der Waals surface area contributed by atoms with E-state index in [0.717, 1.165) is 42.4 Å². The zero-order chi connectivity index (χ0) is 14.6. The number of hydrogen-bond donors (Lipinski definition) is 1. The highest BCUT2D eigenvalue weighted by molar-refractivity contribution is 5.83. The van der Waals surface area contributed by atoms with Crippen LogP contribution in [0.4, 0.5) is 0 Å². The summed E-state index contributed by atoms with van der Waals surface area (Å²) in [7, 11) is 0. The van der Waals surface area contributed by atoms with Crippen LogP contribution in [0.25, 0.3) is 5.57 Å². The van der Waals surface area contributed by atoms with Crippen LogP contribution in [0.3, 0.4) is 0 Å². The molecule has 104 valence electrons. The number of benzene rings is 1. The third-order valence-corrected chi connectivity index (χ3v) is 2.90. The Morgan fingerprint density at radius 2 is 1.80 bits per heavy atom. The molecule has 0 heterocycles. The molecule has 0 unspecified atom stereocenters. The first-order chi connectivity index (χ1) is 9.83. The molecule has 1 nitrogen and oxygen atoms in total. The monoisotopic (exact) mass is 266 g/mol. The molecule has 0 aromatic heterocycles. The molecule has 1 heteroatoms. The highest BCUT2D eigenvalue weighted by atomic mass is 16.2. The van der Waals surface area contributed by atoms with Gasteiger partial charge in [-0.3, -0.25) is 0 Å². The molecule has 0 aliphatic heterocycles. The normalized spacial score (nSPS) is 10.8. The van der Waals surface area contributed by atoms with Gasteiger partial charge in [0.1, 0.15) is 6.61 Å². The largest absolute Gasteiger partial charge is 0.384 e. The van der Waals surface area contributed by atoms with Crippen LogP contribution < -0.4 is 0 Å². The summed E-state index contributed by atoms with van der Waals surface area (Å²) in [6.45, 7) is 4.13. The Hall–Kier alpha value is -1.96. The zero-order valence-electron chi connectivity index (χ0n) is 12.4. The molecule has 1 N–H and O–H groups in total. The number of aliphatic hydroxyl groups excluding tert-OH is 1. The number of aliphatic hydroxyl groups is 1. The lowest BCUT2D eigenvalue weighted by Gasteiger charge is -2.04. The smallest absolute Gasteiger partial charge is 0.104 e. The predicted molar refractivity (Wildman–Crippen MR) is 85.8 cm³/mol. The van der Waals surface area contributed by atoms with Gasteiger partial charge in [-0.1, -0.05) is 74.3 Å². The van der Waals surface area contributed by atoms with E-state index in [-0.39, 0.29) is 6.61 Å². The summed E-state index contributed by atoms with van der Waals surface area (Å²) in [5, 5.41) is 8.93. The van der Waals surface area contributed by atoms with Crippen LogP contribution in [0.2, 0.25) is 0 Å². The molecule has 0 fully saturated rings. The van der Waals surface area contributed by atoms with Crippen LogP contribution in [-0.2, 0) is 0 Å². The van der Waals surface area contributed by atoms with Crippen molar-refractivity contribution in [1.82, 2.24) is 0 Å². The quantitative estimate of drug-likeness (QED) is 0.644. The summed E-state index contributed by atoms with van der Waals surface area (Å²) in [5.41, 5.74) is 3.05. The van der Waals surface area contributed by atoms with Gasteiger partial charge in [0.05, 0.1) is 0 Å². The van der Waals surface area contributed by atoms with Crippen molar-refractivity contribution in [3.05, 3.63) is 41.5 Å². The SMILES string of the molecule is CCCCC#C/C(CC)=C(/C#CCO)c1ccccc1. The molecule has 0 aliphatic carbocycles. The Balaban J connectivity index is 3.15. The molecular formula is C19H22O. The summed E-state index contributed by atoms with van der Waals surface area (Å²) in [6, 6.07) is 10.0. The molecule has 0 bridgehead atoms. The van der Waals surface area contributed by atoms with Crippen LogP contribution >= 0.6 is 0 Å². The molecule has 0 radical (unpaired) electrons. The van der Waals surface area contributed by atoms with Gasteiger partial charge in [0.15, 0.2) is 0 Å². The van der Waals surface area contributed by atoms with Crippen LogP contribution in [-0.4, -0.2) is 11.7 Å². The van der Waals surface area contributed by atoms with Crippen molar-refractivity contribution in [2.75, 3.05) is 6.61 Å². The highest BCUT2D eigenvalue weighted by Crippen LogP contribution is 2.19. The fourth-order valence-corrected chi connectivity index (χ4v) is 1.82. The van der Waals surface area contributed by atoms with Crippen molar-refractivity contribution in [2.24, 2.45) is 0 Å². The van der Waals surface area contributed by atoms with Gasteiger partial charge in [-0.2, -0.15) is 0 Å². The van der Waals surface area contributed by atoms with Gasteiger partial charge in [-0.05, 0) is 18.4 Å². The number of allylic oxidation sites excluding steroid dienone is 2. The van der Waals surface area contributed by atoms with E-state index in [2.05, 4.69) is 37.5 Å². The van der Waals surface area contributed by atoms with Crippen molar-refractivity contribution in [3.8, 4) is 23.7 Å². The molecule has 1 aromatic rings. The predicted octanol–water partition coefficient (Wildman–Crippen LogP) is 4.04. The van der Waals surface area contributed by atoms with Crippen molar-refractivity contribution in [2.45, 2.75) is 39.5 Å². The van der Waals surface area contributed by atoms with E-state index in [0.29, 0.717) is 0 Å². The standard InChI is InChI=1S/C19H22O/c1-3-5-6-8-12-17(4-2)19(15-11-16-20)18-13-9-7-10-14-18/h7,9-10,13-14,20H,3-6,16H2,1-2H3/b19-17-. The summed E-state index contributed by atoms with van der Waals surface area (Å²) in [6.07, 6.45) is 4.07. The topological polar surface area (TPSA) is 20.2 Å². The Bertz CT molecular complexity index is 544.